The summed E-state index contributed by atoms with van der Waals surface area (Å²) in [5.41, 5.74) is 1.25. The molecule has 0 fully saturated rings. The second kappa shape index (κ2) is 7.83. The van der Waals surface area contributed by atoms with Crippen molar-refractivity contribution in [3.05, 3.63) is 53.3 Å². The molecule has 0 bridgehead atoms. The summed E-state index contributed by atoms with van der Waals surface area (Å²) in [5.74, 6) is 0.0328. The highest BCUT2D eigenvalue weighted by Gasteiger charge is 2.05. The number of benzene rings is 2. The van der Waals surface area contributed by atoms with Crippen molar-refractivity contribution in [3.8, 4) is 5.75 Å². The number of carbonyl (C=O) groups is 1. The molecule has 2 aromatic carbocycles. The van der Waals surface area contributed by atoms with Crippen molar-refractivity contribution in [2.24, 2.45) is 0 Å². The van der Waals surface area contributed by atoms with Gasteiger partial charge < -0.3 is 15.4 Å². The molecule has 0 radical (unpaired) electrons. The van der Waals surface area contributed by atoms with E-state index < -0.39 is 5.82 Å². The zero-order chi connectivity index (χ0) is 16.8. The maximum atomic E-state index is 13.0. The molecule has 4 nitrogen and oxygen atoms in total. The van der Waals surface area contributed by atoms with Crippen LogP contribution in [-0.4, -0.2) is 18.6 Å². The normalized spacial score (nSPS) is 10.5. The Balaban J connectivity index is 1.85. The fraction of sp³-hybridized carbons (Fsp3) is 0.235. The van der Waals surface area contributed by atoms with Crippen molar-refractivity contribution in [1.82, 2.24) is 0 Å². The first-order valence-electron chi connectivity index (χ1n) is 7.19. The molecule has 6 heteroatoms. The third-order valence-electron chi connectivity index (χ3n) is 2.88. The number of rotatable bonds is 6. The van der Waals surface area contributed by atoms with Crippen molar-refractivity contribution in [3.63, 3.8) is 0 Å². The van der Waals surface area contributed by atoms with E-state index in [-0.39, 0.29) is 23.6 Å². The summed E-state index contributed by atoms with van der Waals surface area (Å²) in [7, 11) is 0. The fourth-order valence-electron chi connectivity index (χ4n) is 1.88. The van der Waals surface area contributed by atoms with Gasteiger partial charge in [0.2, 0.25) is 5.91 Å². The van der Waals surface area contributed by atoms with Crippen LogP contribution < -0.4 is 15.4 Å². The molecule has 0 atom stereocenters. The Bertz CT molecular complexity index is 675. The van der Waals surface area contributed by atoms with Gasteiger partial charge in [0.1, 0.15) is 11.6 Å². The number of hydrogen-bond donors (Lipinski definition) is 2. The zero-order valence-electron chi connectivity index (χ0n) is 12.9. The van der Waals surface area contributed by atoms with Crippen LogP contribution in [0.5, 0.6) is 5.75 Å². The first-order chi connectivity index (χ1) is 10.9. The van der Waals surface area contributed by atoms with Crippen LogP contribution in [0.15, 0.2) is 42.5 Å². The summed E-state index contributed by atoms with van der Waals surface area (Å²) in [4.78, 5) is 11.9. The average Bonchev–Trinajstić information content (AvgIpc) is 2.50. The van der Waals surface area contributed by atoms with Crippen LogP contribution in [0.1, 0.15) is 13.8 Å². The number of nitrogens with one attached hydrogen (secondary N) is 2. The molecule has 122 valence electrons. The number of amides is 1. The Labute approximate surface area is 139 Å². The van der Waals surface area contributed by atoms with Crippen LogP contribution >= 0.6 is 11.6 Å². The van der Waals surface area contributed by atoms with Crippen molar-refractivity contribution in [2.75, 3.05) is 17.2 Å². The molecule has 2 aromatic rings. The SMILES string of the molecule is CC(C)Oc1ccc(NC(=O)CNc2ccc(F)c(Cl)c2)cc1. The van der Waals surface area contributed by atoms with E-state index >= 15 is 0 Å². The largest absolute Gasteiger partial charge is 0.491 e. The van der Waals surface area contributed by atoms with Crippen LogP contribution in [0.25, 0.3) is 0 Å². The van der Waals surface area contributed by atoms with Crippen LogP contribution in [0.2, 0.25) is 5.02 Å². The second-order valence-corrected chi connectivity index (χ2v) is 5.63. The molecule has 0 aromatic heterocycles. The summed E-state index contributed by atoms with van der Waals surface area (Å²) in [6.45, 7) is 3.94. The molecule has 1 amide bonds. The van der Waals surface area contributed by atoms with Gasteiger partial charge in [-0.3, -0.25) is 4.79 Å². The minimum atomic E-state index is -0.495. The van der Waals surface area contributed by atoms with Gasteiger partial charge in [-0.2, -0.15) is 0 Å². The van der Waals surface area contributed by atoms with Crippen molar-refractivity contribution >= 4 is 28.9 Å². The van der Waals surface area contributed by atoms with E-state index in [2.05, 4.69) is 10.6 Å². The van der Waals surface area contributed by atoms with Gasteiger partial charge in [0.05, 0.1) is 17.7 Å². The lowest BCUT2D eigenvalue weighted by molar-refractivity contribution is -0.114. The summed E-state index contributed by atoms with van der Waals surface area (Å²) in [6, 6.07) is 11.3. The Kier molecular flexibility index (Phi) is 5.82. The van der Waals surface area contributed by atoms with Crippen LogP contribution in [-0.2, 0) is 4.79 Å². The third-order valence-corrected chi connectivity index (χ3v) is 3.17. The predicted octanol–water partition coefficient (Wildman–Crippen LogP) is 4.32. The molecule has 2 N–H and O–H groups in total. The summed E-state index contributed by atoms with van der Waals surface area (Å²) < 4.78 is 18.6. The molecule has 0 unspecified atom stereocenters. The Morgan fingerprint density at radius 3 is 2.43 bits per heavy atom. The highest BCUT2D eigenvalue weighted by Crippen LogP contribution is 2.19. The average molecular weight is 337 g/mol. The van der Waals surface area contributed by atoms with Gasteiger partial charge in [-0.1, -0.05) is 11.6 Å². The molecule has 0 spiro atoms. The smallest absolute Gasteiger partial charge is 0.243 e. The van der Waals surface area contributed by atoms with Gasteiger partial charge in [0, 0.05) is 11.4 Å². The minimum Gasteiger partial charge on any atom is -0.491 e. The maximum Gasteiger partial charge on any atom is 0.243 e. The third kappa shape index (κ3) is 5.45. The Hall–Kier alpha value is -2.27. The second-order valence-electron chi connectivity index (χ2n) is 5.22. The monoisotopic (exact) mass is 336 g/mol. The molecule has 0 aliphatic carbocycles. The molecule has 0 aliphatic heterocycles. The number of anilines is 2. The van der Waals surface area contributed by atoms with Crippen LogP contribution in [0.4, 0.5) is 15.8 Å². The predicted molar refractivity (Wildman–Crippen MR) is 90.7 cm³/mol. The van der Waals surface area contributed by atoms with Gasteiger partial charge in [0.25, 0.3) is 0 Å². The molecule has 23 heavy (non-hydrogen) atoms. The number of hydrogen-bond acceptors (Lipinski definition) is 3. The van der Waals surface area contributed by atoms with Gasteiger partial charge in [0.15, 0.2) is 0 Å². The fourth-order valence-corrected chi connectivity index (χ4v) is 2.06. The van der Waals surface area contributed by atoms with E-state index in [1.807, 2.05) is 13.8 Å². The maximum absolute atomic E-state index is 13.0. The molecule has 0 saturated carbocycles. The van der Waals surface area contributed by atoms with E-state index in [0.717, 1.165) is 5.75 Å². The number of ether oxygens (including phenoxy) is 1. The first kappa shape index (κ1) is 17.1. The standard InChI is InChI=1S/C17H18ClFN2O2/c1-11(2)23-14-6-3-12(4-7-14)21-17(22)10-20-13-5-8-16(19)15(18)9-13/h3-9,11,20H,10H2,1-2H3,(H,21,22). The molecule has 2 rings (SSSR count). The molecule has 0 aliphatic rings. The topological polar surface area (TPSA) is 50.4 Å². The van der Waals surface area contributed by atoms with E-state index in [0.29, 0.717) is 11.4 Å². The molecule has 0 saturated heterocycles. The van der Waals surface area contributed by atoms with E-state index in [1.54, 1.807) is 24.3 Å². The minimum absolute atomic E-state index is 0.0103. The van der Waals surface area contributed by atoms with Gasteiger partial charge >= 0.3 is 0 Å². The van der Waals surface area contributed by atoms with Gasteiger partial charge in [-0.05, 0) is 56.3 Å². The quantitative estimate of drug-likeness (QED) is 0.826. The van der Waals surface area contributed by atoms with E-state index in [9.17, 15) is 9.18 Å². The summed E-state index contributed by atoms with van der Waals surface area (Å²) >= 11 is 5.68. The highest BCUT2D eigenvalue weighted by atomic mass is 35.5. The lowest BCUT2D eigenvalue weighted by Crippen LogP contribution is -2.21. The van der Waals surface area contributed by atoms with Crippen molar-refractivity contribution in [1.29, 1.82) is 0 Å². The Morgan fingerprint density at radius 2 is 1.83 bits per heavy atom. The van der Waals surface area contributed by atoms with Crippen LogP contribution in [0.3, 0.4) is 0 Å². The van der Waals surface area contributed by atoms with Crippen LogP contribution in [0, 0.1) is 5.82 Å². The zero-order valence-corrected chi connectivity index (χ0v) is 13.7. The lowest BCUT2D eigenvalue weighted by Gasteiger charge is -2.11. The van der Waals surface area contributed by atoms with Gasteiger partial charge in [-0.15, -0.1) is 0 Å². The van der Waals surface area contributed by atoms with Crippen molar-refractivity contribution in [2.45, 2.75) is 20.0 Å². The lowest BCUT2D eigenvalue weighted by atomic mass is 10.3. The number of halogens is 2. The van der Waals surface area contributed by atoms with Crippen molar-refractivity contribution < 1.29 is 13.9 Å². The van der Waals surface area contributed by atoms with E-state index in [1.165, 1.54) is 18.2 Å². The molecular formula is C17H18ClFN2O2. The van der Waals surface area contributed by atoms with Gasteiger partial charge in [-0.25, -0.2) is 4.39 Å². The molecule has 0 heterocycles. The summed E-state index contributed by atoms with van der Waals surface area (Å²) in [6.07, 6.45) is 0.0992. The number of carbonyl (C=O) groups excluding carboxylic acids is 1. The first-order valence-corrected chi connectivity index (χ1v) is 7.57. The summed E-state index contributed by atoms with van der Waals surface area (Å²) in [5, 5.41) is 5.65. The molecular weight excluding hydrogens is 319 g/mol. The highest BCUT2D eigenvalue weighted by molar-refractivity contribution is 6.31. The Morgan fingerprint density at radius 1 is 1.17 bits per heavy atom. The van der Waals surface area contributed by atoms with E-state index in [4.69, 9.17) is 16.3 Å².